The molecule has 1 aliphatic rings. The fourth-order valence-corrected chi connectivity index (χ4v) is 4.10. The maximum atomic E-state index is 12.1. The molecule has 1 fully saturated rings. The predicted molar refractivity (Wildman–Crippen MR) is 117 cm³/mol. The minimum absolute atomic E-state index is 0.0590. The number of hydrogen-bond donors (Lipinski definition) is 2. The van der Waals surface area contributed by atoms with Crippen molar-refractivity contribution in [2.45, 2.75) is 19.8 Å². The van der Waals surface area contributed by atoms with E-state index in [1.54, 1.807) is 25.2 Å². The van der Waals surface area contributed by atoms with E-state index >= 15 is 0 Å². The number of primary amides is 1. The molecule has 0 spiro atoms. The van der Waals surface area contributed by atoms with E-state index in [1.807, 2.05) is 29.8 Å². The number of aromatic nitrogens is 3. The molecule has 0 saturated carbocycles. The predicted octanol–water partition coefficient (Wildman–Crippen LogP) is 1.91. The van der Waals surface area contributed by atoms with Gasteiger partial charge in [0.05, 0.1) is 11.9 Å². The molecule has 1 saturated heterocycles. The van der Waals surface area contributed by atoms with Crippen LogP contribution in [0, 0.1) is 12.8 Å². The van der Waals surface area contributed by atoms with Gasteiger partial charge in [-0.3, -0.25) is 4.79 Å². The van der Waals surface area contributed by atoms with Gasteiger partial charge >= 0.3 is 6.03 Å². The Morgan fingerprint density at radius 3 is 2.57 bits per heavy atom. The monoisotopic (exact) mass is 432 g/mol. The highest BCUT2D eigenvalue weighted by atomic mass is 32.1. The quantitative estimate of drug-likeness (QED) is 0.715. The van der Waals surface area contributed by atoms with E-state index in [0.29, 0.717) is 17.6 Å². The summed E-state index contributed by atoms with van der Waals surface area (Å²) in [6, 6.07) is 1.93. The van der Waals surface area contributed by atoms with E-state index in [1.165, 1.54) is 11.5 Å². The minimum atomic E-state index is -0.640. The molecule has 3 heterocycles. The van der Waals surface area contributed by atoms with Crippen LogP contribution in [0.25, 0.3) is 0 Å². The van der Waals surface area contributed by atoms with E-state index in [0.717, 1.165) is 43.2 Å². The Hall–Kier alpha value is -2.95. The molecule has 0 aliphatic carbocycles. The zero-order valence-electron chi connectivity index (χ0n) is 17.8. The van der Waals surface area contributed by atoms with Gasteiger partial charge in [-0.1, -0.05) is 0 Å². The van der Waals surface area contributed by atoms with Crippen molar-refractivity contribution >= 4 is 40.1 Å². The molecule has 3 rings (SSSR count). The summed E-state index contributed by atoms with van der Waals surface area (Å²) >= 11 is 1.28. The first-order valence-corrected chi connectivity index (χ1v) is 10.6. The summed E-state index contributed by atoms with van der Waals surface area (Å²) in [5.41, 5.74) is 6.43. The fourth-order valence-electron chi connectivity index (χ4n) is 3.44. The van der Waals surface area contributed by atoms with Crippen LogP contribution in [0.15, 0.2) is 12.3 Å². The number of nitrogens with one attached hydrogen (secondary N) is 1. The van der Waals surface area contributed by atoms with Crippen molar-refractivity contribution in [3.63, 3.8) is 0 Å². The number of hydrogen-bond acceptors (Lipinski definition) is 8. The first-order valence-electron chi connectivity index (χ1n) is 9.79. The van der Waals surface area contributed by atoms with Gasteiger partial charge in [0.2, 0.25) is 0 Å². The first kappa shape index (κ1) is 21.8. The summed E-state index contributed by atoms with van der Waals surface area (Å²) in [4.78, 5) is 38.2. The second-order valence-electron chi connectivity index (χ2n) is 7.74. The second kappa shape index (κ2) is 9.24. The maximum absolute atomic E-state index is 12.1. The van der Waals surface area contributed by atoms with Crippen molar-refractivity contribution in [1.29, 1.82) is 0 Å². The standard InChI is InChI=1S/C19H28N8O2S/c1-12-9-15(30-24-12)23-18-16(17(20)28)21-10-14(22-18)26(4)11-13-5-7-27(8-6-13)19(29)25(2)3/h9-10,13H,5-8,11H2,1-4H3,(H2,20,28)(H,22,23). The first-order chi connectivity index (χ1) is 14.2. The number of aryl methyl sites for hydroxylation is 1. The summed E-state index contributed by atoms with van der Waals surface area (Å²) in [5.74, 6) is 0.773. The Balaban J connectivity index is 1.67. The van der Waals surface area contributed by atoms with Crippen LogP contribution >= 0.6 is 11.5 Å². The topological polar surface area (TPSA) is 121 Å². The molecule has 3 amide bonds. The number of nitrogens with zero attached hydrogens (tertiary/aromatic N) is 6. The van der Waals surface area contributed by atoms with E-state index in [4.69, 9.17) is 5.73 Å². The average Bonchev–Trinajstić information content (AvgIpc) is 3.12. The highest BCUT2D eigenvalue weighted by Gasteiger charge is 2.25. The number of nitrogens with two attached hydrogens (primary N) is 1. The van der Waals surface area contributed by atoms with Crippen molar-refractivity contribution in [1.82, 2.24) is 24.1 Å². The van der Waals surface area contributed by atoms with Gasteiger partial charge in [-0.2, -0.15) is 4.37 Å². The van der Waals surface area contributed by atoms with Gasteiger partial charge in [0.1, 0.15) is 10.8 Å². The maximum Gasteiger partial charge on any atom is 0.319 e. The summed E-state index contributed by atoms with van der Waals surface area (Å²) in [6.45, 7) is 4.18. The number of amides is 3. The SMILES string of the molecule is Cc1cc(Nc2nc(N(C)CC3CCN(C(=O)N(C)C)CC3)cnc2C(N)=O)sn1. The van der Waals surface area contributed by atoms with Crippen LogP contribution in [0.5, 0.6) is 0 Å². The number of carbonyl (C=O) groups is 2. The lowest BCUT2D eigenvalue weighted by atomic mass is 9.96. The minimum Gasteiger partial charge on any atom is -0.364 e. The van der Waals surface area contributed by atoms with Crippen LogP contribution in [-0.2, 0) is 0 Å². The molecular weight excluding hydrogens is 404 g/mol. The number of urea groups is 1. The Morgan fingerprint density at radius 2 is 2.00 bits per heavy atom. The largest absolute Gasteiger partial charge is 0.364 e. The van der Waals surface area contributed by atoms with Crippen molar-refractivity contribution in [3.05, 3.63) is 23.7 Å². The molecule has 0 unspecified atom stereocenters. The van der Waals surface area contributed by atoms with Crippen LogP contribution in [0.2, 0.25) is 0 Å². The van der Waals surface area contributed by atoms with Gasteiger partial charge in [-0.25, -0.2) is 14.8 Å². The van der Waals surface area contributed by atoms with Gasteiger partial charge in [0.25, 0.3) is 5.91 Å². The molecule has 3 N–H and O–H groups in total. The van der Waals surface area contributed by atoms with Crippen LogP contribution < -0.4 is 16.0 Å². The van der Waals surface area contributed by atoms with Crippen molar-refractivity contribution < 1.29 is 9.59 Å². The van der Waals surface area contributed by atoms with E-state index in [9.17, 15) is 9.59 Å². The van der Waals surface area contributed by atoms with Gasteiger partial charge in [-0.15, -0.1) is 0 Å². The van der Waals surface area contributed by atoms with Gasteiger partial charge in [-0.05, 0) is 43.3 Å². The Kier molecular flexibility index (Phi) is 6.70. The lowest BCUT2D eigenvalue weighted by molar-refractivity contribution is 0.0996. The summed E-state index contributed by atoms with van der Waals surface area (Å²) in [5, 5.41) is 3.87. The molecule has 1 aliphatic heterocycles. The normalized spacial score (nSPS) is 14.5. The third kappa shape index (κ3) is 5.15. The zero-order valence-corrected chi connectivity index (χ0v) is 18.6. The van der Waals surface area contributed by atoms with Crippen LogP contribution in [0.1, 0.15) is 29.0 Å². The molecule has 2 aromatic heterocycles. The van der Waals surface area contributed by atoms with Crippen molar-refractivity contribution in [2.75, 3.05) is 51.0 Å². The van der Waals surface area contributed by atoms with E-state index in [2.05, 4.69) is 19.7 Å². The molecule has 30 heavy (non-hydrogen) atoms. The summed E-state index contributed by atoms with van der Waals surface area (Å²) < 4.78 is 4.22. The lowest BCUT2D eigenvalue weighted by Crippen LogP contribution is -2.45. The number of carbonyl (C=O) groups excluding carboxylic acids is 2. The molecule has 162 valence electrons. The van der Waals surface area contributed by atoms with Crippen LogP contribution in [0.4, 0.5) is 21.4 Å². The average molecular weight is 433 g/mol. The van der Waals surface area contributed by atoms with Gasteiger partial charge < -0.3 is 25.8 Å². The Morgan fingerprint density at radius 1 is 1.30 bits per heavy atom. The third-order valence-corrected chi connectivity index (χ3v) is 5.85. The number of likely N-dealkylation sites (tertiary alicyclic amines) is 1. The molecule has 0 radical (unpaired) electrons. The van der Waals surface area contributed by atoms with Crippen molar-refractivity contribution in [3.8, 4) is 0 Å². The van der Waals surface area contributed by atoms with Crippen molar-refractivity contribution in [2.24, 2.45) is 11.7 Å². The van der Waals surface area contributed by atoms with Gasteiger partial charge in [0.15, 0.2) is 11.5 Å². The zero-order chi connectivity index (χ0) is 21.8. The Bertz CT molecular complexity index is 908. The second-order valence-corrected chi connectivity index (χ2v) is 8.54. The molecule has 0 bridgehead atoms. The molecule has 0 aromatic carbocycles. The molecule has 0 atom stereocenters. The van der Waals surface area contributed by atoms with E-state index < -0.39 is 5.91 Å². The fraction of sp³-hybridized carbons (Fsp3) is 0.526. The number of rotatable bonds is 6. The molecular formula is C19H28N8O2S. The number of piperidine rings is 1. The summed E-state index contributed by atoms with van der Waals surface area (Å²) in [6.07, 6.45) is 3.43. The van der Waals surface area contributed by atoms with Crippen LogP contribution in [-0.4, -0.2) is 76.9 Å². The Labute approximate surface area is 180 Å². The smallest absolute Gasteiger partial charge is 0.319 e. The molecule has 10 nitrogen and oxygen atoms in total. The van der Waals surface area contributed by atoms with Crippen LogP contribution in [0.3, 0.4) is 0 Å². The highest BCUT2D eigenvalue weighted by Crippen LogP contribution is 2.25. The van der Waals surface area contributed by atoms with E-state index in [-0.39, 0.29) is 11.7 Å². The number of anilines is 3. The molecule has 2 aromatic rings. The highest BCUT2D eigenvalue weighted by molar-refractivity contribution is 7.10. The third-order valence-electron chi connectivity index (χ3n) is 5.05. The molecule has 11 heteroatoms. The van der Waals surface area contributed by atoms with Gasteiger partial charge in [0, 0.05) is 40.8 Å². The lowest BCUT2D eigenvalue weighted by Gasteiger charge is -2.35. The summed E-state index contributed by atoms with van der Waals surface area (Å²) in [7, 11) is 5.50.